The number of amides is 4. The van der Waals surface area contributed by atoms with Gasteiger partial charge in [-0.05, 0) is 38.5 Å². The molecule has 10 N–H and O–H groups in total. The summed E-state index contributed by atoms with van der Waals surface area (Å²) in [7, 11) is 0. The lowest BCUT2D eigenvalue weighted by Crippen LogP contribution is -2.43. The van der Waals surface area contributed by atoms with Gasteiger partial charge in [-0.25, -0.2) is 19.6 Å². The molecule has 0 saturated heterocycles. The maximum absolute atomic E-state index is 11.9. The molecule has 0 aliphatic rings. The third kappa shape index (κ3) is 15.1. The molecule has 4 amide bonds. The molecule has 0 aliphatic heterocycles. The van der Waals surface area contributed by atoms with Crippen LogP contribution in [0.3, 0.4) is 0 Å². The number of nitrogens with one attached hydrogen (secondary N) is 6. The highest BCUT2D eigenvalue weighted by Gasteiger charge is 2.03. The first-order valence-corrected chi connectivity index (χ1v) is 13.2. The van der Waals surface area contributed by atoms with Gasteiger partial charge in [0.25, 0.3) is 0 Å². The van der Waals surface area contributed by atoms with Crippen LogP contribution in [0.4, 0.5) is 9.59 Å². The molecule has 14 nitrogen and oxygen atoms in total. The minimum absolute atomic E-state index is 0.116. The van der Waals surface area contributed by atoms with Gasteiger partial charge in [0.05, 0.1) is 12.7 Å². The molecule has 0 spiro atoms. The molecule has 0 fully saturated rings. The van der Waals surface area contributed by atoms with Crippen LogP contribution in [0.2, 0.25) is 0 Å². The van der Waals surface area contributed by atoms with Gasteiger partial charge in [0, 0.05) is 50.0 Å². The molecule has 38 heavy (non-hydrogen) atoms. The number of unbranched alkanes of at least 4 members (excludes halogenated alkanes) is 5. The van der Waals surface area contributed by atoms with Crippen molar-refractivity contribution in [2.24, 2.45) is 21.5 Å². The van der Waals surface area contributed by atoms with Gasteiger partial charge >= 0.3 is 12.1 Å². The van der Waals surface area contributed by atoms with Crippen LogP contribution >= 0.6 is 0 Å². The third-order valence-corrected chi connectivity index (χ3v) is 5.54. The Morgan fingerprint density at radius 3 is 1.50 bits per heavy atom. The van der Waals surface area contributed by atoms with Gasteiger partial charge in [-0.15, -0.1) is 0 Å². The standard InChI is InChI=1S/C24H42N12O2/c25-21(29-13-7-9-19-15-27-17-33-19)35-23(37)31-11-5-3-1-2-4-6-12-32-24(38)36-22(26)30-14-8-10-20-16-28-18-34-20/h15-18H,1-14H2,(H,27,33)(H,28,34)(H4,25,29,31,35,37)(H4,26,30,32,36,38). The molecule has 0 aliphatic carbocycles. The van der Waals surface area contributed by atoms with E-state index in [4.69, 9.17) is 11.5 Å². The minimum atomic E-state index is -0.344. The second kappa shape index (κ2) is 19.1. The van der Waals surface area contributed by atoms with Crippen molar-refractivity contribution in [3.63, 3.8) is 0 Å². The number of aliphatic imine (C=N–C) groups is 2. The van der Waals surface area contributed by atoms with Crippen LogP contribution in [0.15, 0.2) is 35.0 Å². The molecule has 0 radical (unpaired) electrons. The average Bonchev–Trinajstić information content (AvgIpc) is 3.60. The van der Waals surface area contributed by atoms with Crippen LogP contribution < -0.4 is 32.7 Å². The molecule has 0 atom stereocenters. The Kier molecular flexibility index (Phi) is 15.1. The average molecular weight is 531 g/mol. The van der Waals surface area contributed by atoms with Gasteiger partial charge in [0.2, 0.25) is 0 Å². The Bertz CT molecular complexity index is 879. The number of nitrogens with zero attached hydrogens (tertiary/aromatic N) is 4. The van der Waals surface area contributed by atoms with Crippen molar-refractivity contribution in [3.05, 3.63) is 36.4 Å². The Morgan fingerprint density at radius 2 is 1.11 bits per heavy atom. The molecular weight excluding hydrogens is 488 g/mol. The predicted molar refractivity (Wildman–Crippen MR) is 148 cm³/mol. The highest BCUT2D eigenvalue weighted by atomic mass is 16.2. The molecule has 0 saturated carbocycles. The zero-order valence-corrected chi connectivity index (χ0v) is 22.0. The van der Waals surface area contributed by atoms with E-state index in [-0.39, 0.29) is 24.0 Å². The fourth-order valence-electron chi connectivity index (χ4n) is 3.54. The van der Waals surface area contributed by atoms with E-state index < -0.39 is 0 Å². The molecule has 2 rings (SSSR count). The molecular formula is C24H42N12O2. The summed E-state index contributed by atoms with van der Waals surface area (Å²) in [6.45, 7) is 2.21. The molecule has 14 heteroatoms. The van der Waals surface area contributed by atoms with Gasteiger partial charge in [-0.3, -0.25) is 20.6 Å². The van der Waals surface area contributed by atoms with E-state index in [0.29, 0.717) is 26.2 Å². The molecule has 0 aromatic carbocycles. The highest BCUT2D eigenvalue weighted by Crippen LogP contribution is 2.04. The number of hydrogen-bond donors (Lipinski definition) is 8. The van der Waals surface area contributed by atoms with Crippen molar-refractivity contribution in [2.45, 2.75) is 64.2 Å². The normalized spacial score (nSPS) is 11.8. The molecule has 2 aromatic heterocycles. The fourth-order valence-corrected chi connectivity index (χ4v) is 3.54. The smallest absolute Gasteiger partial charge is 0.321 e. The first-order valence-electron chi connectivity index (χ1n) is 13.2. The number of urea groups is 2. The van der Waals surface area contributed by atoms with Crippen LogP contribution in [0.1, 0.15) is 62.8 Å². The molecule has 2 heterocycles. The van der Waals surface area contributed by atoms with E-state index >= 15 is 0 Å². The summed E-state index contributed by atoms with van der Waals surface area (Å²) in [6.07, 6.45) is 16.0. The van der Waals surface area contributed by atoms with Gasteiger partial charge in [0.15, 0.2) is 11.9 Å². The predicted octanol–water partition coefficient (Wildman–Crippen LogP) is 1.27. The number of carbonyl (C=O) groups is 2. The Balaban J connectivity index is 1.35. The summed E-state index contributed by atoms with van der Waals surface area (Å²) in [6, 6.07) is -0.687. The summed E-state index contributed by atoms with van der Waals surface area (Å²) in [5, 5.41) is 10.6. The molecule has 0 bridgehead atoms. The maximum atomic E-state index is 11.9. The first-order chi connectivity index (χ1) is 18.5. The van der Waals surface area contributed by atoms with E-state index in [9.17, 15) is 9.59 Å². The number of aromatic nitrogens is 4. The largest absolute Gasteiger partial charge is 0.370 e. The maximum Gasteiger partial charge on any atom is 0.321 e. The van der Waals surface area contributed by atoms with Crippen molar-refractivity contribution in [3.8, 4) is 0 Å². The van der Waals surface area contributed by atoms with E-state index in [0.717, 1.165) is 75.6 Å². The first kappa shape index (κ1) is 30.1. The summed E-state index contributed by atoms with van der Waals surface area (Å²) in [4.78, 5) is 46.0. The number of rotatable bonds is 17. The Labute approximate surface area is 223 Å². The summed E-state index contributed by atoms with van der Waals surface area (Å²) < 4.78 is 0. The molecule has 210 valence electrons. The number of hydrogen-bond acceptors (Lipinski definition) is 6. The number of carbonyl (C=O) groups excluding carboxylic acids is 2. The van der Waals surface area contributed by atoms with E-state index in [1.807, 2.05) is 0 Å². The van der Waals surface area contributed by atoms with Crippen LogP contribution in [0.25, 0.3) is 0 Å². The van der Waals surface area contributed by atoms with Crippen LogP contribution in [-0.4, -0.2) is 70.1 Å². The lowest BCUT2D eigenvalue weighted by Gasteiger charge is -2.08. The molecule has 2 aromatic rings. The van der Waals surface area contributed by atoms with Gasteiger partial charge in [0.1, 0.15) is 0 Å². The van der Waals surface area contributed by atoms with Gasteiger partial charge in [-0.1, -0.05) is 25.7 Å². The zero-order valence-electron chi connectivity index (χ0n) is 22.0. The summed E-state index contributed by atoms with van der Waals surface area (Å²) in [5.74, 6) is 0.233. The van der Waals surface area contributed by atoms with Crippen molar-refractivity contribution in [1.82, 2.24) is 41.2 Å². The lowest BCUT2D eigenvalue weighted by atomic mass is 10.1. The zero-order chi connectivity index (χ0) is 27.3. The van der Waals surface area contributed by atoms with Gasteiger partial charge < -0.3 is 32.1 Å². The Hall–Kier alpha value is -4.10. The second-order valence-corrected chi connectivity index (χ2v) is 8.78. The van der Waals surface area contributed by atoms with Crippen LogP contribution in [0.5, 0.6) is 0 Å². The van der Waals surface area contributed by atoms with E-state index in [1.165, 1.54) is 0 Å². The Morgan fingerprint density at radius 1 is 0.684 bits per heavy atom. The van der Waals surface area contributed by atoms with Crippen LogP contribution in [-0.2, 0) is 12.8 Å². The van der Waals surface area contributed by atoms with Crippen molar-refractivity contribution >= 4 is 24.0 Å². The number of aromatic amines is 2. The minimum Gasteiger partial charge on any atom is -0.370 e. The fraction of sp³-hybridized carbons (Fsp3) is 0.583. The summed E-state index contributed by atoms with van der Waals surface area (Å²) in [5.41, 5.74) is 13.6. The van der Waals surface area contributed by atoms with Crippen molar-refractivity contribution < 1.29 is 9.59 Å². The highest BCUT2D eigenvalue weighted by molar-refractivity contribution is 5.95. The number of H-pyrrole nitrogens is 2. The third-order valence-electron chi connectivity index (χ3n) is 5.54. The summed E-state index contributed by atoms with van der Waals surface area (Å²) >= 11 is 0. The van der Waals surface area contributed by atoms with E-state index in [1.54, 1.807) is 25.0 Å². The van der Waals surface area contributed by atoms with Crippen molar-refractivity contribution in [1.29, 1.82) is 0 Å². The lowest BCUT2D eigenvalue weighted by molar-refractivity contribution is 0.244. The number of guanidine groups is 2. The van der Waals surface area contributed by atoms with E-state index in [2.05, 4.69) is 51.2 Å². The number of imidazole rings is 2. The van der Waals surface area contributed by atoms with Crippen LogP contribution in [0, 0.1) is 0 Å². The SMILES string of the molecule is NC(=NCCCc1cnc[nH]1)NC(=O)NCCCCCCCCNC(=O)NC(N)=NCCCc1cnc[nH]1. The number of nitrogens with two attached hydrogens (primary N) is 2. The molecule has 0 unspecified atom stereocenters. The number of aryl methyl sites for hydroxylation is 2. The quantitative estimate of drug-likeness (QED) is 0.0854. The van der Waals surface area contributed by atoms with Gasteiger partial charge in [-0.2, -0.15) is 0 Å². The monoisotopic (exact) mass is 530 g/mol. The van der Waals surface area contributed by atoms with Crippen molar-refractivity contribution in [2.75, 3.05) is 26.2 Å². The second-order valence-electron chi connectivity index (χ2n) is 8.78. The topological polar surface area (TPSA) is 216 Å².